The summed E-state index contributed by atoms with van der Waals surface area (Å²) in [4.78, 5) is 15.2. The number of nitrogen functional groups attached to an aromatic ring is 1. The molecule has 2 rings (SSSR count). The first-order chi connectivity index (χ1) is 9.21. The zero-order valence-electron chi connectivity index (χ0n) is 10.9. The van der Waals surface area contributed by atoms with Crippen LogP contribution in [0.2, 0.25) is 0 Å². The number of aromatic nitrogens is 2. The van der Waals surface area contributed by atoms with Gasteiger partial charge in [0.1, 0.15) is 17.8 Å². The minimum absolute atomic E-state index is 0.182. The summed E-state index contributed by atoms with van der Waals surface area (Å²) in [5.74, 6) is -1.47. The van der Waals surface area contributed by atoms with Crippen LogP contribution >= 0.6 is 0 Å². The van der Waals surface area contributed by atoms with Crippen molar-refractivity contribution in [1.82, 2.24) is 9.55 Å². The fourth-order valence-electron chi connectivity index (χ4n) is 2.28. The van der Waals surface area contributed by atoms with E-state index >= 15 is 0 Å². The monoisotopic (exact) mass is 289 g/mol. The van der Waals surface area contributed by atoms with Crippen LogP contribution in [-0.2, 0) is 4.74 Å². The van der Waals surface area contributed by atoms with E-state index in [1.165, 1.54) is 13.8 Å². The topological polar surface area (TPSA) is 131 Å². The van der Waals surface area contributed by atoms with Gasteiger partial charge in [0.2, 0.25) is 0 Å². The number of nitrogens with zero attached hydrogens (tertiary/aromatic N) is 2. The Bertz CT molecular complexity index is 588. The zero-order valence-corrected chi connectivity index (χ0v) is 10.9. The molecule has 4 atom stereocenters. The second-order valence-electron chi connectivity index (χ2n) is 4.93. The van der Waals surface area contributed by atoms with Gasteiger partial charge < -0.3 is 25.8 Å². The minimum Gasteiger partial charge on any atom is -0.394 e. The molecule has 8 nitrogen and oxygen atoms in total. The summed E-state index contributed by atoms with van der Waals surface area (Å²) in [6.45, 7) is 1.93. The highest BCUT2D eigenvalue weighted by Crippen LogP contribution is 2.38. The third kappa shape index (κ3) is 1.99. The van der Waals surface area contributed by atoms with E-state index in [0.29, 0.717) is 0 Å². The molecule has 5 N–H and O–H groups in total. The van der Waals surface area contributed by atoms with E-state index in [1.54, 1.807) is 0 Å². The molecule has 1 saturated heterocycles. The van der Waals surface area contributed by atoms with E-state index in [4.69, 9.17) is 15.6 Å². The molecule has 0 bridgehead atoms. The van der Waals surface area contributed by atoms with Gasteiger partial charge in [-0.1, -0.05) is 0 Å². The fourth-order valence-corrected chi connectivity index (χ4v) is 2.28. The van der Waals surface area contributed by atoms with Crippen molar-refractivity contribution in [3.63, 3.8) is 0 Å². The van der Waals surface area contributed by atoms with Crippen molar-refractivity contribution in [2.75, 3.05) is 12.3 Å². The van der Waals surface area contributed by atoms with E-state index in [2.05, 4.69) is 4.98 Å². The summed E-state index contributed by atoms with van der Waals surface area (Å²) < 4.78 is 19.8. The van der Waals surface area contributed by atoms with Gasteiger partial charge in [-0.25, -0.2) is 9.18 Å². The lowest BCUT2D eigenvalue weighted by Gasteiger charge is -2.28. The summed E-state index contributed by atoms with van der Waals surface area (Å²) in [5, 5.41) is 29.2. The van der Waals surface area contributed by atoms with Crippen LogP contribution in [0.4, 0.5) is 10.2 Å². The molecule has 0 aromatic carbocycles. The number of aliphatic hydroxyl groups excluding tert-OH is 2. The SMILES string of the molecule is Cc1c(F)c(N)nc(=O)n1[C@@H]1O[C@H](CO)[C@@H](O)[C@@]1(C)O. The maximum absolute atomic E-state index is 13.8. The van der Waals surface area contributed by atoms with Crippen LogP contribution in [-0.4, -0.2) is 49.3 Å². The molecule has 1 aromatic rings. The number of aliphatic hydroxyl groups is 3. The summed E-state index contributed by atoms with van der Waals surface area (Å²) in [6, 6.07) is 0. The fraction of sp³-hybridized carbons (Fsp3) is 0.636. The number of halogens is 1. The summed E-state index contributed by atoms with van der Waals surface area (Å²) in [6.07, 6.45) is -3.92. The first kappa shape index (κ1) is 14.9. The Kier molecular flexibility index (Phi) is 3.54. The van der Waals surface area contributed by atoms with Crippen molar-refractivity contribution >= 4 is 5.82 Å². The highest BCUT2D eigenvalue weighted by molar-refractivity contribution is 5.31. The largest absolute Gasteiger partial charge is 0.394 e. The molecule has 0 radical (unpaired) electrons. The molecule has 9 heteroatoms. The van der Waals surface area contributed by atoms with Crippen LogP contribution in [0.3, 0.4) is 0 Å². The van der Waals surface area contributed by atoms with Gasteiger partial charge in [0.25, 0.3) is 0 Å². The Morgan fingerprint density at radius 2 is 2.20 bits per heavy atom. The van der Waals surface area contributed by atoms with Crippen LogP contribution in [0.25, 0.3) is 0 Å². The van der Waals surface area contributed by atoms with E-state index in [0.717, 1.165) is 4.57 Å². The van der Waals surface area contributed by atoms with Gasteiger partial charge in [0.15, 0.2) is 17.9 Å². The van der Waals surface area contributed by atoms with Crippen molar-refractivity contribution < 1.29 is 24.4 Å². The van der Waals surface area contributed by atoms with Gasteiger partial charge in [0.05, 0.1) is 12.3 Å². The van der Waals surface area contributed by atoms with Crippen LogP contribution < -0.4 is 11.4 Å². The number of hydrogen-bond acceptors (Lipinski definition) is 7. The van der Waals surface area contributed by atoms with Gasteiger partial charge in [-0.05, 0) is 13.8 Å². The third-order valence-electron chi connectivity index (χ3n) is 3.50. The second-order valence-corrected chi connectivity index (χ2v) is 4.93. The molecule has 0 spiro atoms. The second kappa shape index (κ2) is 4.77. The summed E-state index contributed by atoms with van der Waals surface area (Å²) in [5.41, 5.74) is 2.25. The molecule has 0 aliphatic carbocycles. The minimum atomic E-state index is -1.90. The molecule has 1 aliphatic heterocycles. The molecule has 1 aliphatic rings. The number of nitrogens with two attached hydrogens (primary N) is 1. The molecule has 0 amide bonds. The smallest absolute Gasteiger partial charge is 0.352 e. The lowest BCUT2D eigenvalue weighted by molar-refractivity contribution is -0.0998. The molecule has 20 heavy (non-hydrogen) atoms. The molecule has 0 saturated carbocycles. The zero-order chi connectivity index (χ0) is 15.2. The highest BCUT2D eigenvalue weighted by Gasteiger charge is 2.53. The van der Waals surface area contributed by atoms with Crippen molar-refractivity contribution in [3.05, 3.63) is 22.0 Å². The quantitative estimate of drug-likeness (QED) is 0.509. The molecular weight excluding hydrogens is 273 g/mol. The number of hydrogen-bond donors (Lipinski definition) is 4. The normalized spacial score (nSPS) is 33.6. The molecule has 2 heterocycles. The molecule has 1 fully saturated rings. The van der Waals surface area contributed by atoms with Gasteiger partial charge in [-0.2, -0.15) is 4.98 Å². The van der Waals surface area contributed by atoms with Crippen molar-refractivity contribution in [2.24, 2.45) is 0 Å². The van der Waals surface area contributed by atoms with E-state index < -0.39 is 48.0 Å². The summed E-state index contributed by atoms with van der Waals surface area (Å²) >= 11 is 0. The first-order valence-corrected chi connectivity index (χ1v) is 5.92. The Balaban J connectivity index is 2.58. The van der Waals surface area contributed by atoms with Crippen molar-refractivity contribution in [1.29, 1.82) is 0 Å². The molecular formula is C11H16FN3O5. The predicted molar refractivity (Wildman–Crippen MR) is 65.2 cm³/mol. The Hall–Kier alpha value is -1.55. The Morgan fingerprint density at radius 1 is 1.60 bits per heavy atom. The van der Waals surface area contributed by atoms with E-state index in [9.17, 15) is 19.4 Å². The number of ether oxygens (including phenoxy) is 1. The average Bonchev–Trinajstić information content (AvgIpc) is 2.60. The van der Waals surface area contributed by atoms with Crippen molar-refractivity contribution in [2.45, 2.75) is 37.9 Å². The van der Waals surface area contributed by atoms with Crippen LogP contribution in [0.1, 0.15) is 18.8 Å². The van der Waals surface area contributed by atoms with E-state index in [1.807, 2.05) is 0 Å². The Labute approximate surface area is 113 Å². The maximum Gasteiger partial charge on any atom is 0.352 e. The lowest BCUT2D eigenvalue weighted by Crippen LogP contribution is -2.47. The van der Waals surface area contributed by atoms with Crippen LogP contribution in [0.5, 0.6) is 0 Å². The van der Waals surface area contributed by atoms with Gasteiger partial charge in [-0.15, -0.1) is 0 Å². The Morgan fingerprint density at radius 3 is 2.70 bits per heavy atom. The number of rotatable bonds is 2. The highest BCUT2D eigenvalue weighted by atomic mass is 19.1. The predicted octanol–water partition coefficient (Wildman–Crippen LogP) is -1.73. The first-order valence-electron chi connectivity index (χ1n) is 5.92. The maximum atomic E-state index is 13.8. The van der Waals surface area contributed by atoms with E-state index in [-0.39, 0.29) is 5.69 Å². The van der Waals surface area contributed by atoms with Gasteiger partial charge in [-0.3, -0.25) is 4.57 Å². The third-order valence-corrected chi connectivity index (χ3v) is 3.50. The van der Waals surface area contributed by atoms with Crippen LogP contribution in [0, 0.1) is 12.7 Å². The average molecular weight is 289 g/mol. The van der Waals surface area contributed by atoms with Gasteiger partial charge >= 0.3 is 5.69 Å². The van der Waals surface area contributed by atoms with Crippen LogP contribution in [0.15, 0.2) is 4.79 Å². The van der Waals surface area contributed by atoms with Crippen molar-refractivity contribution in [3.8, 4) is 0 Å². The standard InChI is InChI=1S/C11H16FN3O5/c1-4-6(12)8(13)14-10(18)15(4)9-11(2,19)7(17)5(3-16)20-9/h5,7,9,16-17,19H,3H2,1-2H3,(H2,13,14,18)/t5-,7-,9-,11-/m1/s1. The number of anilines is 1. The summed E-state index contributed by atoms with van der Waals surface area (Å²) in [7, 11) is 0. The lowest BCUT2D eigenvalue weighted by atomic mass is 9.96. The molecule has 0 unspecified atom stereocenters. The molecule has 1 aromatic heterocycles. The van der Waals surface area contributed by atoms with Gasteiger partial charge in [0, 0.05) is 0 Å². The molecule has 112 valence electrons.